The molecule has 0 saturated heterocycles. The number of rotatable bonds is 4. The first-order chi connectivity index (χ1) is 9.11. The predicted molar refractivity (Wildman–Crippen MR) is 82.8 cm³/mol. The van der Waals surface area contributed by atoms with E-state index in [1.807, 2.05) is 24.3 Å². The number of aryl methyl sites for hydroxylation is 1. The lowest BCUT2D eigenvalue weighted by molar-refractivity contribution is 0.681. The largest absolute Gasteiger partial charge is 0.366 e. The van der Waals surface area contributed by atoms with Gasteiger partial charge >= 0.3 is 0 Å². The number of anilines is 1. The van der Waals surface area contributed by atoms with E-state index in [-0.39, 0.29) is 6.04 Å². The van der Waals surface area contributed by atoms with E-state index in [0.717, 1.165) is 10.7 Å². The second-order valence-corrected chi connectivity index (χ2v) is 5.19. The molecule has 0 heterocycles. The molecule has 0 saturated carbocycles. The molecule has 2 N–H and O–H groups in total. The van der Waals surface area contributed by atoms with E-state index in [0.29, 0.717) is 6.54 Å². The maximum Gasteiger partial charge on any atom is 0.0661 e. The van der Waals surface area contributed by atoms with Crippen molar-refractivity contribution in [3.05, 3.63) is 64.7 Å². The van der Waals surface area contributed by atoms with Crippen LogP contribution in [0.2, 0.25) is 5.02 Å². The fourth-order valence-electron chi connectivity index (χ4n) is 2.16. The molecule has 0 aliphatic rings. The van der Waals surface area contributed by atoms with E-state index in [1.54, 1.807) is 0 Å². The Balaban J connectivity index is 2.26. The molecule has 100 valence electrons. The number of hydrogen-bond acceptors (Lipinski definition) is 2. The van der Waals surface area contributed by atoms with Crippen LogP contribution < -0.4 is 10.6 Å². The van der Waals surface area contributed by atoms with E-state index in [4.69, 9.17) is 17.3 Å². The summed E-state index contributed by atoms with van der Waals surface area (Å²) in [6.45, 7) is 2.65. The highest BCUT2D eigenvalue weighted by molar-refractivity contribution is 6.30. The Morgan fingerprint density at radius 1 is 1.05 bits per heavy atom. The number of nitrogens with two attached hydrogens (primary N) is 1. The molecule has 0 spiro atoms. The fraction of sp³-hybridized carbons (Fsp3) is 0.250. The van der Waals surface area contributed by atoms with Gasteiger partial charge in [-0.3, -0.25) is 0 Å². The van der Waals surface area contributed by atoms with E-state index in [2.05, 4.69) is 43.1 Å². The minimum Gasteiger partial charge on any atom is -0.366 e. The van der Waals surface area contributed by atoms with E-state index in [9.17, 15) is 0 Å². The molecule has 2 aromatic carbocycles. The molecule has 0 aliphatic heterocycles. The van der Waals surface area contributed by atoms with Crippen molar-refractivity contribution in [1.82, 2.24) is 0 Å². The molecule has 0 aliphatic carbocycles. The van der Waals surface area contributed by atoms with Crippen molar-refractivity contribution in [3.63, 3.8) is 0 Å². The van der Waals surface area contributed by atoms with Crippen molar-refractivity contribution in [3.8, 4) is 0 Å². The first-order valence-electron chi connectivity index (χ1n) is 6.37. The monoisotopic (exact) mass is 274 g/mol. The van der Waals surface area contributed by atoms with Gasteiger partial charge in [0.05, 0.1) is 6.04 Å². The van der Waals surface area contributed by atoms with Gasteiger partial charge in [-0.15, -0.1) is 0 Å². The average Bonchev–Trinajstić information content (AvgIpc) is 2.42. The highest BCUT2D eigenvalue weighted by atomic mass is 35.5. The van der Waals surface area contributed by atoms with Crippen molar-refractivity contribution < 1.29 is 0 Å². The summed E-state index contributed by atoms with van der Waals surface area (Å²) in [4.78, 5) is 2.20. The quantitative estimate of drug-likeness (QED) is 0.919. The van der Waals surface area contributed by atoms with E-state index < -0.39 is 0 Å². The highest BCUT2D eigenvalue weighted by Gasteiger charge is 2.15. The van der Waals surface area contributed by atoms with Gasteiger partial charge in [-0.25, -0.2) is 0 Å². The third-order valence-corrected chi connectivity index (χ3v) is 3.64. The van der Waals surface area contributed by atoms with Gasteiger partial charge in [0, 0.05) is 24.3 Å². The first-order valence-corrected chi connectivity index (χ1v) is 6.74. The van der Waals surface area contributed by atoms with Gasteiger partial charge in [-0.1, -0.05) is 41.4 Å². The first kappa shape index (κ1) is 13.9. The van der Waals surface area contributed by atoms with Crippen LogP contribution >= 0.6 is 11.6 Å². The zero-order valence-corrected chi connectivity index (χ0v) is 12.1. The number of hydrogen-bond donors (Lipinski definition) is 1. The molecule has 0 bridgehead atoms. The lowest BCUT2D eigenvalue weighted by Crippen LogP contribution is -2.30. The summed E-state index contributed by atoms with van der Waals surface area (Å²) in [6, 6.07) is 16.5. The Bertz CT molecular complexity index is 519. The topological polar surface area (TPSA) is 29.3 Å². The summed E-state index contributed by atoms with van der Waals surface area (Å²) in [5, 5.41) is 0.748. The molecular formula is C16H19ClN2. The maximum absolute atomic E-state index is 5.94. The molecule has 2 rings (SSSR count). The van der Waals surface area contributed by atoms with E-state index in [1.165, 1.54) is 11.1 Å². The Labute approximate surface area is 119 Å². The van der Waals surface area contributed by atoms with Crippen molar-refractivity contribution in [2.45, 2.75) is 13.0 Å². The Morgan fingerprint density at radius 2 is 1.63 bits per heavy atom. The predicted octanol–water partition coefficient (Wildman–Crippen LogP) is 3.78. The third kappa shape index (κ3) is 3.28. The molecule has 2 nitrogen and oxygen atoms in total. The molecule has 1 atom stereocenters. The molecule has 0 fully saturated rings. The average molecular weight is 275 g/mol. The van der Waals surface area contributed by atoms with Crippen LogP contribution in [0.15, 0.2) is 48.5 Å². The summed E-state index contributed by atoms with van der Waals surface area (Å²) in [5.74, 6) is 0. The van der Waals surface area contributed by atoms with Gasteiger partial charge in [0.2, 0.25) is 0 Å². The standard InChI is InChI=1S/C16H19ClN2/c1-12-3-9-15(10-4-12)19(2)16(11-18)13-5-7-14(17)8-6-13/h3-10,16H,11,18H2,1-2H3. The third-order valence-electron chi connectivity index (χ3n) is 3.39. The number of nitrogens with zero attached hydrogens (tertiary/aromatic N) is 1. The number of benzene rings is 2. The normalized spacial score (nSPS) is 12.2. The second-order valence-electron chi connectivity index (χ2n) is 4.75. The van der Waals surface area contributed by atoms with Crippen LogP contribution in [-0.2, 0) is 0 Å². The van der Waals surface area contributed by atoms with E-state index >= 15 is 0 Å². The van der Waals surface area contributed by atoms with Gasteiger partial charge in [0.1, 0.15) is 0 Å². The van der Waals surface area contributed by atoms with Crippen LogP contribution in [0.1, 0.15) is 17.2 Å². The van der Waals surface area contributed by atoms with Gasteiger partial charge in [-0.2, -0.15) is 0 Å². The van der Waals surface area contributed by atoms with Gasteiger partial charge in [-0.05, 0) is 36.8 Å². The number of likely N-dealkylation sites (N-methyl/N-ethyl adjacent to an activating group) is 1. The fourth-order valence-corrected chi connectivity index (χ4v) is 2.29. The summed E-state index contributed by atoms with van der Waals surface area (Å²) >= 11 is 5.93. The van der Waals surface area contributed by atoms with Crippen LogP contribution in [0, 0.1) is 6.92 Å². The molecular weight excluding hydrogens is 256 g/mol. The van der Waals surface area contributed by atoms with Gasteiger partial charge in [0.15, 0.2) is 0 Å². The van der Waals surface area contributed by atoms with Crippen LogP contribution in [0.4, 0.5) is 5.69 Å². The summed E-state index contributed by atoms with van der Waals surface area (Å²) in [6.07, 6.45) is 0. The lowest BCUT2D eigenvalue weighted by Gasteiger charge is -2.29. The van der Waals surface area contributed by atoms with Crippen LogP contribution in [0.3, 0.4) is 0 Å². The van der Waals surface area contributed by atoms with Gasteiger partial charge < -0.3 is 10.6 Å². The molecule has 3 heteroatoms. The maximum atomic E-state index is 5.94. The molecule has 19 heavy (non-hydrogen) atoms. The van der Waals surface area contributed by atoms with Crippen molar-refractivity contribution >= 4 is 17.3 Å². The van der Waals surface area contributed by atoms with Crippen LogP contribution in [0.5, 0.6) is 0 Å². The van der Waals surface area contributed by atoms with Crippen LogP contribution in [0.25, 0.3) is 0 Å². The Hall–Kier alpha value is -1.51. The molecule has 0 aromatic heterocycles. The van der Waals surface area contributed by atoms with Crippen molar-refractivity contribution in [2.24, 2.45) is 5.73 Å². The zero-order valence-electron chi connectivity index (χ0n) is 11.3. The Morgan fingerprint density at radius 3 is 2.16 bits per heavy atom. The Kier molecular flexibility index (Phi) is 4.46. The number of halogens is 1. The minimum atomic E-state index is 0.153. The lowest BCUT2D eigenvalue weighted by atomic mass is 10.0. The summed E-state index contributed by atoms with van der Waals surface area (Å²) < 4.78 is 0. The molecule has 0 radical (unpaired) electrons. The molecule has 1 unspecified atom stereocenters. The minimum absolute atomic E-state index is 0.153. The van der Waals surface area contributed by atoms with Crippen molar-refractivity contribution in [1.29, 1.82) is 0 Å². The smallest absolute Gasteiger partial charge is 0.0661 e. The zero-order chi connectivity index (χ0) is 13.8. The second kappa shape index (κ2) is 6.09. The molecule has 0 amide bonds. The SMILES string of the molecule is Cc1ccc(N(C)C(CN)c2ccc(Cl)cc2)cc1. The highest BCUT2D eigenvalue weighted by Crippen LogP contribution is 2.26. The van der Waals surface area contributed by atoms with Crippen molar-refractivity contribution in [2.75, 3.05) is 18.5 Å². The summed E-state index contributed by atoms with van der Waals surface area (Å²) in [7, 11) is 2.07. The van der Waals surface area contributed by atoms with Crippen LogP contribution in [-0.4, -0.2) is 13.6 Å². The van der Waals surface area contributed by atoms with Gasteiger partial charge in [0.25, 0.3) is 0 Å². The summed E-state index contributed by atoms with van der Waals surface area (Å²) in [5.41, 5.74) is 9.53. The molecule has 2 aromatic rings.